The van der Waals surface area contributed by atoms with E-state index in [0.717, 1.165) is 29.8 Å². The van der Waals surface area contributed by atoms with E-state index in [2.05, 4.69) is 20.9 Å². The molecule has 0 aliphatic carbocycles. The Hall–Kier alpha value is -3.35. The van der Waals surface area contributed by atoms with Crippen LogP contribution in [0.3, 0.4) is 0 Å². The van der Waals surface area contributed by atoms with Gasteiger partial charge >= 0.3 is 0 Å². The third-order valence-electron chi connectivity index (χ3n) is 4.52. The maximum atomic E-state index is 12.0. The first-order valence-electron chi connectivity index (χ1n) is 10.6. The van der Waals surface area contributed by atoms with Crippen molar-refractivity contribution < 1.29 is 9.59 Å². The lowest BCUT2D eigenvalue weighted by molar-refractivity contribution is -0.116. The summed E-state index contributed by atoms with van der Waals surface area (Å²) in [6, 6.07) is 15.3. The molecule has 7 heteroatoms. The lowest BCUT2D eigenvalue weighted by Crippen LogP contribution is -2.36. The van der Waals surface area contributed by atoms with Gasteiger partial charge in [-0.05, 0) is 48.7 Å². The average molecular weight is 424 g/mol. The molecule has 2 rings (SSSR count). The third kappa shape index (κ3) is 8.12. The molecule has 0 heterocycles. The number of guanidine groups is 1. The Labute approximate surface area is 184 Å². The van der Waals surface area contributed by atoms with Crippen LogP contribution in [0.25, 0.3) is 0 Å². The van der Waals surface area contributed by atoms with Gasteiger partial charge in [0.15, 0.2) is 5.96 Å². The van der Waals surface area contributed by atoms with E-state index in [1.54, 1.807) is 19.0 Å². The Morgan fingerprint density at radius 2 is 1.71 bits per heavy atom. The molecule has 0 spiro atoms. The highest BCUT2D eigenvalue weighted by atomic mass is 16.2. The minimum atomic E-state index is -0.0116. The van der Waals surface area contributed by atoms with Crippen molar-refractivity contribution in [1.82, 2.24) is 15.5 Å². The van der Waals surface area contributed by atoms with Crippen molar-refractivity contribution in [2.24, 2.45) is 4.99 Å². The summed E-state index contributed by atoms with van der Waals surface area (Å²) in [5.74, 6) is 0.718. The second-order valence-corrected chi connectivity index (χ2v) is 7.44. The molecule has 2 aromatic rings. The standard InChI is InChI=1S/C24H33N5O2/c1-5-8-22(30)28-21-10-7-9-19(15-21)17-27-24(25-6-2)26-16-18-11-13-20(14-12-18)23(31)29(3)4/h7,9-15H,5-6,8,16-17H2,1-4H3,(H,28,30)(H2,25,26,27). The number of anilines is 1. The van der Waals surface area contributed by atoms with Gasteiger partial charge in [-0.1, -0.05) is 31.2 Å². The molecule has 0 atom stereocenters. The fourth-order valence-electron chi connectivity index (χ4n) is 2.92. The fraction of sp³-hybridized carbons (Fsp3) is 0.375. The first kappa shape index (κ1) is 23.9. The van der Waals surface area contributed by atoms with Crippen LogP contribution in [0.4, 0.5) is 5.69 Å². The summed E-state index contributed by atoms with van der Waals surface area (Å²) < 4.78 is 0. The average Bonchev–Trinajstić information content (AvgIpc) is 2.76. The van der Waals surface area contributed by atoms with E-state index in [0.29, 0.717) is 31.0 Å². The molecule has 0 radical (unpaired) electrons. The quantitative estimate of drug-likeness (QED) is 0.426. The molecule has 7 nitrogen and oxygen atoms in total. The van der Waals surface area contributed by atoms with E-state index < -0.39 is 0 Å². The highest BCUT2D eigenvalue weighted by Gasteiger charge is 2.07. The number of benzene rings is 2. The number of hydrogen-bond donors (Lipinski definition) is 3. The van der Waals surface area contributed by atoms with E-state index in [-0.39, 0.29) is 11.8 Å². The molecule has 0 fully saturated rings. The van der Waals surface area contributed by atoms with Crippen LogP contribution in [-0.2, 0) is 17.9 Å². The Kier molecular flexibility index (Phi) is 9.55. The van der Waals surface area contributed by atoms with Crippen LogP contribution >= 0.6 is 0 Å². The largest absolute Gasteiger partial charge is 0.357 e. The predicted molar refractivity (Wildman–Crippen MR) is 126 cm³/mol. The van der Waals surface area contributed by atoms with Crippen LogP contribution in [0.2, 0.25) is 0 Å². The van der Waals surface area contributed by atoms with E-state index in [1.807, 2.05) is 62.4 Å². The van der Waals surface area contributed by atoms with Crippen molar-refractivity contribution >= 4 is 23.5 Å². The number of carbonyl (C=O) groups is 2. The van der Waals surface area contributed by atoms with Crippen molar-refractivity contribution in [3.8, 4) is 0 Å². The monoisotopic (exact) mass is 423 g/mol. The van der Waals surface area contributed by atoms with Crippen molar-refractivity contribution in [1.29, 1.82) is 0 Å². The van der Waals surface area contributed by atoms with Crippen molar-refractivity contribution in [3.63, 3.8) is 0 Å². The van der Waals surface area contributed by atoms with Crippen molar-refractivity contribution in [3.05, 3.63) is 65.2 Å². The number of amides is 2. The predicted octanol–water partition coefficient (Wildman–Crippen LogP) is 3.38. The normalized spacial score (nSPS) is 11.0. The first-order chi connectivity index (χ1) is 14.9. The molecule has 0 aliphatic heterocycles. The Morgan fingerprint density at radius 1 is 0.968 bits per heavy atom. The Balaban J connectivity index is 1.97. The van der Waals surface area contributed by atoms with Gasteiger partial charge in [-0.2, -0.15) is 0 Å². The maximum absolute atomic E-state index is 12.0. The zero-order valence-electron chi connectivity index (χ0n) is 18.9. The second-order valence-electron chi connectivity index (χ2n) is 7.44. The smallest absolute Gasteiger partial charge is 0.253 e. The SMILES string of the molecule is CCCC(=O)Nc1cccc(CN=C(NCC)NCc2ccc(C(=O)N(C)C)cc2)c1. The number of rotatable bonds is 9. The molecule has 0 bridgehead atoms. The summed E-state index contributed by atoms with van der Waals surface area (Å²) >= 11 is 0. The fourth-order valence-corrected chi connectivity index (χ4v) is 2.92. The van der Waals surface area contributed by atoms with Crippen molar-refractivity contribution in [2.45, 2.75) is 39.8 Å². The number of hydrogen-bond acceptors (Lipinski definition) is 3. The first-order valence-corrected chi connectivity index (χ1v) is 10.6. The third-order valence-corrected chi connectivity index (χ3v) is 4.52. The molecule has 0 saturated heterocycles. The summed E-state index contributed by atoms with van der Waals surface area (Å²) in [6.45, 7) is 5.83. The Bertz CT molecular complexity index is 891. The lowest BCUT2D eigenvalue weighted by Gasteiger charge is -2.13. The summed E-state index contributed by atoms with van der Waals surface area (Å²) in [7, 11) is 3.48. The van der Waals surface area contributed by atoms with Crippen molar-refractivity contribution in [2.75, 3.05) is 26.0 Å². The van der Waals surface area contributed by atoms with Gasteiger partial charge in [-0.15, -0.1) is 0 Å². The Morgan fingerprint density at radius 3 is 2.35 bits per heavy atom. The van der Waals surface area contributed by atoms with Crippen LogP contribution < -0.4 is 16.0 Å². The second kappa shape index (κ2) is 12.4. The molecule has 0 aromatic heterocycles. The minimum absolute atomic E-state index is 0.0116. The van der Waals surface area contributed by atoms with Gasteiger partial charge in [0.2, 0.25) is 5.91 Å². The molecule has 166 valence electrons. The van der Waals surface area contributed by atoms with Gasteiger partial charge in [-0.3, -0.25) is 9.59 Å². The minimum Gasteiger partial charge on any atom is -0.357 e. The molecule has 2 aromatic carbocycles. The highest BCUT2D eigenvalue weighted by Crippen LogP contribution is 2.12. The summed E-state index contributed by atoms with van der Waals surface area (Å²) in [5, 5.41) is 9.47. The number of nitrogens with one attached hydrogen (secondary N) is 3. The molecule has 31 heavy (non-hydrogen) atoms. The van der Waals surface area contributed by atoms with Gasteiger partial charge in [0.25, 0.3) is 5.91 Å². The molecular weight excluding hydrogens is 390 g/mol. The summed E-state index contributed by atoms with van der Waals surface area (Å²) in [5.41, 5.74) is 3.52. The molecular formula is C24H33N5O2. The zero-order valence-corrected chi connectivity index (χ0v) is 18.9. The van der Waals surface area contributed by atoms with Gasteiger partial charge in [-0.25, -0.2) is 4.99 Å². The zero-order chi connectivity index (χ0) is 22.6. The van der Waals surface area contributed by atoms with Gasteiger partial charge in [0.05, 0.1) is 6.54 Å². The van der Waals surface area contributed by atoms with Gasteiger partial charge < -0.3 is 20.9 Å². The molecule has 0 aliphatic rings. The summed E-state index contributed by atoms with van der Waals surface area (Å²) in [4.78, 5) is 30.0. The van der Waals surface area contributed by atoms with Gasteiger partial charge in [0, 0.05) is 44.9 Å². The van der Waals surface area contributed by atoms with E-state index in [9.17, 15) is 9.59 Å². The van der Waals surface area contributed by atoms with Crippen LogP contribution in [0.5, 0.6) is 0 Å². The highest BCUT2D eigenvalue weighted by molar-refractivity contribution is 5.94. The molecule has 0 unspecified atom stereocenters. The van der Waals surface area contributed by atoms with Gasteiger partial charge in [0.1, 0.15) is 0 Å². The van der Waals surface area contributed by atoms with E-state index in [1.165, 1.54) is 0 Å². The van der Waals surface area contributed by atoms with Crippen LogP contribution in [0, 0.1) is 0 Å². The molecule has 2 amide bonds. The lowest BCUT2D eigenvalue weighted by atomic mass is 10.1. The number of carbonyl (C=O) groups excluding carboxylic acids is 2. The van der Waals surface area contributed by atoms with Crippen LogP contribution in [0.15, 0.2) is 53.5 Å². The summed E-state index contributed by atoms with van der Waals surface area (Å²) in [6.07, 6.45) is 1.34. The maximum Gasteiger partial charge on any atom is 0.253 e. The van der Waals surface area contributed by atoms with Crippen LogP contribution in [-0.4, -0.2) is 43.3 Å². The van der Waals surface area contributed by atoms with E-state index >= 15 is 0 Å². The number of aliphatic imine (C=N–C) groups is 1. The number of nitrogens with zero attached hydrogens (tertiary/aromatic N) is 2. The topological polar surface area (TPSA) is 85.8 Å². The molecule has 0 saturated carbocycles. The molecule has 3 N–H and O–H groups in total. The van der Waals surface area contributed by atoms with E-state index in [4.69, 9.17) is 0 Å². The van der Waals surface area contributed by atoms with Crippen LogP contribution in [0.1, 0.15) is 48.2 Å².